The molecule has 6 nitrogen and oxygen atoms in total. The molecule has 7 heteroatoms. The SMILES string of the molecule is CC(=O)Nc1cccc(SCC(=O)Nc2cccc(C(=O)O)c2)c1. The van der Waals surface area contributed by atoms with Crippen LogP contribution in [-0.4, -0.2) is 28.6 Å². The zero-order chi connectivity index (χ0) is 17.5. The minimum atomic E-state index is -1.05. The first kappa shape index (κ1) is 17.6. The number of carboxylic acid groups (broad SMARTS) is 1. The smallest absolute Gasteiger partial charge is 0.335 e. The molecule has 2 rings (SSSR count). The largest absolute Gasteiger partial charge is 0.478 e. The fourth-order valence-corrected chi connectivity index (χ4v) is 2.70. The van der Waals surface area contributed by atoms with Crippen LogP contribution >= 0.6 is 11.8 Å². The van der Waals surface area contributed by atoms with Gasteiger partial charge in [0.2, 0.25) is 11.8 Å². The Hall–Kier alpha value is -2.80. The van der Waals surface area contributed by atoms with Gasteiger partial charge in [0, 0.05) is 23.2 Å². The molecule has 124 valence electrons. The van der Waals surface area contributed by atoms with Crippen LogP contribution in [0.25, 0.3) is 0 Å². The molecule has 24 heavy (non-hydrogen) atoms. The molecule has 2 amide bonds. The molecule has 0 aliphatic rings. The maximum absolute atomic E-state index is 12.0. The van der Waals surface area contributed by atoms with E-state index in [1.54, 1.807) is 30.3 Å². The fourth-order valence-electron chi connectivity index (χ4n) is 1.94. The Morgan fingerprint density at radius 1 is 1.00 bits per heavy atom. The van der Waals surface area contributed by atoms with Gasteiger partial charge >= 0.3 is 5.97 Å². The van der Waals surface area contributed by atoms with Gasteiger partial charge in [0.25, 0.3) is 0 Å². The molecular formula is C17H16N2O4S. The predicted molar refractivity (Wildman–Crippen MR) is 93.5 cm³/mol. The molecule has 0 saturated heterocycles. The van der Waals surface area contributed by atoms with E-state index in [1.807, 2.05) is 6.07 Å². The number of carbonyl (C=O) groups excluding carboxylic acids is 2. The number of hydrogen-bond donors (Lipinski definition) is 3. The first-order valence-corrected chi connectivity index (χ1v) is 8.06. The normalized spacial score (nSPS) is 10.0. The van der Waals surface area contributed by atoms with Crippen LogP contribution in [0.4, 0.5) is 11.4 Å². The third-order valence-corrected chi connectivity index (χ3v) is 3.91. The number of aromatic carboxylic acids is 1. The van der Waals surface area contributed by atoms with Crippen molar-refractivity contribution in [2.24, 2.45) is 0 Å². The van der Waals surface area contributed by atoms with Crippen molar-refractivity contribution >= 4 is 40.9 Å². The lowest BCUT2D eigenvalue weighted by Gasteiger charge is -2.07. The Balaban J connectivity index is 1.92. The van der Waals surface area contributed by atoms with E-state index in [4.69, 9.17) is 5.11 Å². The van der Waals surface area contributed by atoms with Gasteiger partial charge in [-0.3, -0.25) is 9.59 Å². The summed E-state index contributed by atoms with van der Waals surface area (Å²) in [5.41, 5.74) is 1.22. The van der Waals surface area contributed by atoms with Gasteiger partial charge in [-0.15, -0.1) is 11.8 Å². The zero-order valence-electron chi connectivity index (χ0n) is 12.9. The van der Waals surface area contributed by atoms with E-state index in [0.29, 0.717) is 11.4 Å². The Morgan fingerprint density at radius 3 is 2.33 bits per heavy atom. The summed E-state index contributed by atoms with van der Waals surface area (Å²) in [6.45, 7) is 1.43. The lowest BCUT2D eigenvalue weighted by atomic mass is 10.2. The van der Waals surface area contributed by atoms with Gasteiger partial charge in [-0.2, -0.15) is 0 Å². The fraction of sp³-hybridized carbons (Fsp3) is 0.118. The molecule has 0 aliphatic carbocycles. The van der Waals surface area contributed by atoms with Gasteiger partial charge < -0.3 is 15.7 Å². The molecule has 0 bridgehead atoms. The Labute approximate surface area is 143 Å². The van der Waals surface area contributed by atoms with Crippen molar-refractivity contribution in [1.82, 2.24) is 0 Å². The lowest BCUT2D eigenvalue weighted by molar-refractivity contribution is -0.114. The summed E-state index contributed by atoms with van der Waals surface area (Å²) < 4.78 is 0. The molecule has 2 aromatic rings. The molecule has 0 aliphatic heterocycles. The van der Waals surface area contributed by atoms with E-state index in [9.17, 15) is 14.4 Å². The third kappa shape index (κ3) is 5.44. The maximum atomic E-state index is 12.0. The van der Waals surface area contributed by atoms with Gasteiger partial charge in [-0.05, 0) is 36.4 Å². The van der Waals surface area contributed by atoms with E-state index in [-0.39, 0.29) is 23.1 Å². The van der Waals surface area contributed by atoms with Crippen molar-refractivity contribution < 1.29 is 19.5 Å². The van der Waals surface area contributed by atoms with Crippen molar-refractivity contribution in [2.75, 3.05) is 16.4 Å². The van der Waals surface area contributed by atoms with Crippen molar-refractivity contribution in [1.29, 1.82) is 0 Å². The monoisotopic (exact) mass is 344 g/mol. The highest BCUT2D eigenvalue weighted by Crippen LogP contribution is 2.22. The average molecular weight is 344 g/mol. The minimum Gasteiger partial charge on any atom is -0.478 e. The van der Waals surface area contributed by atoms with Gasteiger partial charge in [0.1, 0.15) is 0 Å². The highest BCUT2D eigenvalue weighted by Gasteiger charge is 2.07. The quantitative estimate of drug-likeness (QED) is 0.700. The van der Waals surface area contributed by atoms with Crippen molar-refractivity contribution in [2.45, 2.75) is 11.8 Å². The molecule has 0 atom stereocenters. The summed E-state index contributed by atoms with van der Waals surface area (Å²) in [4.78, 5) is 34.8. The van der Waals surface area contributed by atoms with E-state index >= 15 is 0 Å². The van der Waals surface area contributed by atoms with Crippen molar-refractivity contribution in [3.63, 3.8) is 0 Å². The van der Waals surface area contributed by atoms with E-state index < -0.39 is 5.97 Å². The second kappa shape index (κ2) is 8.16. The van der Waals surface area contributed by atoms with Crippen LogP contribution in [0, 0.1) is 0 Å². The second-order valence-corrected chi connectivity index (χ2v) is 5.98. The van der Waals surface area contributed by atoms with Crippen molar-refractivity contribution in [3.05, 3.63) is 54.1 Å². The van der Waals surface area contributed by atoms with E-state index in [2.05, 4.69) is 10.6 Å². The Kier molecular flexibility index (Phi) is 5.97. The van der Waals surface area contributed by atoms with Crippen LogP contribution in [0.5, 0.6) is 0 Å². The first-order valence-electron chi connectivity index (χ1n) is 7.08. The van der Waals surface area contributed by atoms with Crippen LogP contribution in [-0.2, 0) is 9.59 Å². The standard InChI is InChI=1S/C17H16N2O4S/c1-11(20)18-14-6-3-7-15(9-14)24-10-16(21)19-13-5-2-4-12(8-13)17(22)23/h2-9H,10H2,1H3,(H,18,20)(H,19,21)(H,22,23). The molecule has 0 heterocycles. The van der Waals surface area contributed by atoms with Gasteiger partial charge in [0.05, 0.1) is 11.3 Å². The number of carboxylic acids is 1. The maximum Gasteiger partial charge on any atom is 0.335 e. The zero-order valence-corrected chi connectivity index (χ0v) is 13.7. The lowest BCUT2D eigenvalue weighted by Crippen LogP contribution is -2.14. The average Bonchev–Trinajstić information content (AvgIpc) is 2.53. The summed E-state index contributed by atoms with van der Waals surface area (Å²) in [6.07, 6.45) is 0. The first-order chi connectivity index (χ1) is 11.4. The number of benzene rings is 2. The van der Waals surface area contributed by atoms with Crippen LogP contribution in [0.3, 0.4) is 0 Å². The molecule has 0 fully saturated rings. The third-order valence-electron chi connectivity index (χ3n) is 2.92. The number of amides is 2. The molecule has 0 aromatic heterocycles. The molecule has 0 saturated carbocycles. The molecule has 3 N–H and O–H groups in total. The number of rotatable bonds is 6. The summed E-state index contributed by atoms with van der Waals surface area (Å²) >= 11 is 1.32. The number of hydrogen-bond acceptors (Lipinski definition) is 4. The van der Waals surface area contributed by atoms with E-state index in [0.717, 1.165) is 4.90 Å². The number of anilines is 2. The van der Waals surface area contributed by atoms with Gasteiger partial charge in [-0.25, -0.2) is 4.79 Å². The molecule has 0 radical (unpaired) electrons. The highest BCUT2D eigenvalue weighted by molar-refractivity contribution is 8.00. The van der Waals surface area contributed by atoms with Gasteiger partial charge in [-0.1, -0.05) is 12.1 Å². The second-order valence-electron chi connectivity index (χ2n) is 4.93. The van der Waals surface area contributed by atoms with Gasteiger partial charge in [0.15, 0.2) is 0 Å². The van der Waals surface area contributed by atoms with Crippen LogP contribution in [0.15, 0.2) is 53.4 Å². The Bertz CT molecular complexity index is 777. The van der Waals surface area contributed by atoms with Crippen LogP contribution in [0.2, 0.25) is 0 Å². The number of thioether (sulfide) groups is 1. The predicted octanol–water partition coefficient (Wildman–Crippen LogP) is 3.07. The summed E-state index contributed by atoms with van der Waals surface area (Å²) in [5.74, 6) is -1.28. The highest BCUT2D eigenvalue weighted by atomic mass is 32.2. The minimum absolute atomic E-state index is 0.114. The molecular weight excluding hydrogens is 328 g/mol. The van der Waals surface area contributed by atoms with Crippen LogP contribution in [0.1, 0.15) is 17.3 Å². The summed E-state index contributed by atoms with van der Waals surface area (Å²) in [5, 5.41) is 14.3. The number of nitrogens with one attached hydrogen (secondary N) is 2. The summed E-state index contributed by atoms with van der Waals surface area (Å²) in [7, 11) is 0. The topological polar surface area (TPSA) is 95.5 Å². The summed E-state index contributed by atoms with van der Waals surface area (Å²) in [6, 6.07) is 13.3. The van der Waals surface area contributed by atoms with Crippen molar-refractivity contribution in [3.8, 4) is 0 Å². The molecule has 0 unspecified atom stereocenters. The molecule has 2 aromatic carbocycles. The van der Waals surface area contributed by atoms with E-state index in [1.165, 1.54) is 30.8 Å². The molecule has 0 spiro atoms. The Morgan fingerprint density at radius 2 is 1.67 bits per heavy atom. The van der Waals surface area contributed by atoms with Crippen LogP contribution < -0.4 is 10.6 Å². The number of carbonyl (C=O) groups is 3.